The van der Waals surface area contributed by atoms with Crippen LogP contribution in [0.4, 0.5) is 11.4 Å². The summed E-state index contributed by atoms with van der Waals surface area (Å²) in [7, 11) is 0. The number of thioether (sulfide) groups is 1. The molecule has 3 amide bonds. The van der Waals surface area contributed by atoms with Crippen molar-refractivity contribution in [3.63, 3.8) is 0 Å². The lowest BCUT2D eigenvalue weighted by Gasteiger charge is -2.43. The number of carbonyl (C=O) groups is 3. The van der Waals surface area contributed by atoms with Gasteiger partial charge < -0.3 is 15.0 Å². The minimum Gasteiger partial charge on any atom is -0.484 e. The molecule has 1 aromatic heterocycles. The summed E-state index contributed by atoms with van der Waals surface area (Å²) in [5, 5.41) is 3.84. The van der Waals surface area contributed by atoms with E-state index in [4.69, 9.17) is 4.74 Å². The molecule has 0 radical (unpaired) electrons. The van der Waals surface area contributed by atoms with Gasteiger partial charge in [-0.15, -0.1) is 11.8 Å². The molecule has 2 saturated carbocycles. The van der Waals surface area contributed by atoms with Crippen LogP contribution in [0.5, 0.6) is 5.75 Å². The van der Waals surface area contributed by atoms with Crippen molar-refractivity contribution in [3.8, 4) is 5.75 Å². The first-order chi connectivity index (χ1) is 21.8. The van der Waals surface area contributed by atoms with Crippen LogP contribution < -0.4 is 19.8 Å². The van der Waals surface area contributed by atoms with Crippen molar-refractivity contribution in [1.82, 2.24) is 4.98 Å². The van der Waals surface area contributed by atoms with Gasteiger partial charge in [0.2, 0.25) is 11.8 Å². The molecule has 3 heterocycles. The highest BCUT2D eigenvalue weighted by Gasteiger charge is 2.69. The predicted octanol–water partition coefficient (Wildman–Crippen LogP) is 6.20. The van der Waals surface area contributed by atoms with Crippen LogP contribution in [0, 0.1) is 36.5 Å². The molecule has 2 aliphatic carbocycles. The molecule has 3 aromatic carbocycles. The monoisotopic (exact) mass is 701 g/mol. The minimum atomic E-state index is -0.359. The molecule has 7 atom stereocenters. The highest BCUT2D eigenvalue weighted by molar-refractivity contribution is 9.10. The number of carbonyl (C=O) groups excluding carboxylic acids is 3. The van der Waals surface area contributed by atoms with Crippen LogP contribution in [0.2, 0.25) is 0 Å². The second-order valence-electron chi connectivity index (χ2n) is 12.2. The Hall–Kier alpha value is -3.67. The molecule has 1 saturated heterocycles. The van der Waals surface area contributed by atoms with Crippen molar-refractivity contribution in [1.29, 1.82) is 0 Å². The average molecular weight is 703 g/mol. The number of benzene rings is 3. The number of thiazole rings is 1. The van der Waals surface area contributed by atoms with E-state index in [2.05, 4.69) is 26.2 Å². The van der Waals surface area contributed by atoms with Gasteiger partial charge in [-0.25, -0.2) is 0 Å². The number of ether oxygens (including phenoxy) is 1. The van der Waals surface area contributed by atoms with Crippen molar-refractivity contribution in [3.05, 3.63) is 103 Å². The fourth-order valence-electron chi connectivity index (χ4n) is 8.07. The van der Waals surface area contributed by atoms with Crippen LogP contribution in [0.1, 0.15) is 28.3 Å². The Morgan fingerprint density at radius 1 is 1.00 bits per heavy atom. The lowest BCUT2D eigenvalue weighted by Crippen LogP contribution is -2.42. The number of nitrogens with one attached hydrogen (secondary N) is 2. The number of aromatic nitrogens is 1. The zero-order valence-corrected chi connectivity index (χ0v) is 27.3. The Morgan fingerprint density at radius 3 is 2.47 bits per heavy atom. The zero-order chi connectivity index (χ0) is 31.0. The van der Waals surface area contributed by atoms with Crippen LogP contribution >= 0.6 is 39.0 Å². The molecule has 0 spiro atoms. The largest absolute Gasteiger partial charge is 0.484 e. The Bertz CT molecular complexity index is 1910. The van der Waals surface area contributed by atoms with Crippen LogP contribution in [0.3, 0.4) is 0 Å². The third-order valence-electron chi connectivity index (χ3n) is 9.72. The molecule has 11 heteroatoms. The van der Waals surface area contributed by atoms with Gasteiger partial charge in [-0.3, -0.25) is 24.1 Å². The first-order valence-corrected chi connectivity index (χ1v) is 17.4. The second-order valence-corrected chi connectivity index (χ2v) is 15.3. The highest BCUT2D eigenvalue weighted by Crippen LogP contribution is 2.68. The summed E-state index contributed by atoms with van der Waals surface area (Å²) in [6.07, 6.45) is 0.830. The topological polar surface area (TPSA) is 109 Å². The molecule has 2 aliphatic heterocycles. The fraction of sp³-hybridized carbons (Fsp3) is 0.294. The molecule has 4 aromatic rings. The predicted molar refractivity (Wildman–Crippen MR) is 177 cm³/mol. The van der Waals surface area contributed by atoms with Gasteiger partial charge in [-0.2, -0.15) is 0 Å². The van der Waals surface area contributed by atoms with Gasteiger partial charge in [-0.05, 0) is 90.8 Å². The van der Waals surface area contributed by atoms with E-state index in [-0.39, 0.29) is 70.0 Å². The summed E-state index contributed by atoms with van der Waals surface area (Å²) in [5.41, 5.74) is 3.42. The maximum absolute atomic E-state index is 13.9. The number of aromatic amines is 1. The van der Waals surface area contributed by atoms with E-state index in [1.807, 2.05) is 79.7 Å². The number of halogens is 1. The van der Waals surface area contributed by atoms with Crippen LogP contribution in [0.15, 0.2) is 87.1 Å². The third-order valence-corrected chi connectivity index (χ3v) is 12.8. The maximum atomic E-state index is 13.9. The molecule has 8 rings (SSSR count). The summed E-state index contributed by atoms with van der Waals surface area (Å²) >= 11 is 6.35. The summed E-state index contributed by atoms with van der Waals surface area (Å²) in [6, 6.07) is 22.6. The number of H-pyrrole nitrogens is 1. The number of fused-ring (bicyclic) bond motifs is 9. The summed E-state index contributed by atoms with van der Waals surface area (Å²) < 4.78 is 6.69. The maximum Gasteiger partial charge on any atom is 0.305 e. The van der Waals surface area contributed by atoms with Gasteiger partial charge in [0, 0.05) is 26.2 Å². The van der Waals surface area contributed by atoms with E-state index in [0.717, 1.165) is 37.6 Å². The Morgan fingerprint density at radius 2 is 1.73 bits per heavy atom. The van der Waals surface area contributed by atoms with Gasteiger partial charge in [0.15, 0.2) is 6.61 Å². The first-order valence-electron chi connectivity index (χ1n) is 14.9. The van der Waals surface area contributed by atoms with Gasteiger partial charge in [0.1, 0.15) is 5.75 Å². The summed E-state index contributed by atoms with van der Waals surface area (Å²) in [6.45, 7) is 1.84. The number of hydrogen-bond acceptors (Lipinski definition) is 7. The van der Waals surface area contributed by atoms with E-state index >= 15 is 0 Å². The third kappa shape index (κ3) is 4.78. The molecule has 3 fully saturated rings. The molecule has 0 unspecified atom stereocenters. The zero-order valence-electron chi connectivity index (χ0n) is 24.1. The SMILES string of the molecule is Cc1cccc(NC(=O)COc2ccc([C@@H]3c4sc(=O)[nH]c4S[C@@H]4[C@@H]5C[C@@H]([C@@H]6C(=O)N(c7ccc(Br)cc7)C(=O)[C@@H]56)[C@H]34)cc2)c1. The molecule has 8 nitrogen and oxygen atoms in total. The minimum absolute atomic E-state index is 0.0333. The Labute approximate surface area is 275 Å². The second kappa shape index (κ2) is 11.0. The Balaban J connectivity index is 1.05. The number of amides is 3. The summed E-state index contributed by atoms with van der Waals surface area (Å²) in [4.78, 5) is 58.1. The average Bonchev–Trinajstić information content (AvgIpc) is 3.76. The number of aryl methyl sites for hydroxylation is 1. The van der Waals surface area contributed by atoms with Crippen molar-refractivity contribution >= 4 is 68.1 Å². The number of hydrogen-bond donors (Lipinski definition) is 2. The van der Waals surface area contributed by atoms with Gasteiger partial charge in [-0.1, -0.05) is 51.5 Å². The molecular weight excluding hydrogens is 674 g/mol. The van der Waals surface area contributed by atoms with Crippen molar-refractivity contribution in [2.75, 3.05) is 16.8 Å². The summed E-state index contributed by atoms with van der Waals surface area (Å²) in [5.74, 6) is -0.484. The Kier molecular flexibility index (Phi) is 7.03. The van der Waals surface area contributed by atoms with Crippen LogP contribution in [-0.4, -0.2) is 34.6 Å². The van der Waals surface area contributed by atoms with E-state index < -0.39 is 0 Å². The van der Waals surface area contributed by atoms with Crippen molar-refractivity contribution in [2.24, 2.45) is 29.6 Å². The molecule has 2 bridgehead atoms. The molecule has 228 valence electrons. The molecule has 4 aliphatic rings. The van der Waals surface area contributed by atoms with Crippen molar-refractivity contribution in [2.45, 2.75) is 29.5 Å². The van der Waals surface area contributed by atoms with Crippen LogP contribution in [-0.2, 0) is 14.4 Å². The van der Waals surface area contributed by atoms with Gasteiger partial charge >= 0.3 is 4.87 Å². The highest BCUT2D eigenvalue weighted by atomic mass is 79.9. The van der Waals surface area contributed by atoms with Crippen molar-refractivity contribution < 1.29 is 19.1 Å². The lowest BCUT2D eigenvalue weighted by molar-refractivity contribution is -0.123. The van der Waals surface area contributed by atoms with Gasteiger partial charge in [0.05, 0.1) is 22.5 Å². The molecule has 45 heavy (non-hydrogen) atoms. The van der Waals surface area contributed by atoms with Gasteiger partial charge in [0.25, 0.3) is 5.91 Å². The standard InChI is InChI=1S/C34H28BrN3O5S2/c1-16-3-2-4-19(13-16)36-24(39)15-43-21-11-5-17(6-12-21)25-26-22-14-23(29(26)44-31-30(25)45-34(42)37-31)28-27(22)32(40)38(33(28)41)20-9-7-18(35)8-10-20/h2-13,22-23,25-29H,14-15H2,1H3,(H,36,39)(H,37,42)/t22-,23-,25+,26-,27+,28+,29-/m1/s1. The van der Waals surface area contributed by atoms with E-state index in [9.17, 15) is 19.2 Å². The fourth-order valence-corrected chi connectivity index (χ4v) is 11.2. The number of nitrogens with zero attached hydrogens (tertiary/aromatic N) is 1. The van der Waals surface area contributed by atoms with Crippen LogP contribution in [0.25, 0.3) is 0 Å². The first kappa shape index (κ1) is 28.8. The molecule has 2 N–H and O–H groups in total. The van der Waals surface area contributed by atoms with E-state index in [0.29, 0.717) is 11.4 Å². The molecular formula is C34H28BrN3O5S2. The number of anilines is 2. The van der Waals surface area contributed by atoms with E-state index in [1.54, 1.807) is 11.8 Å². The number of imide groups is 1. The normalized spacial score (nSPS) is 27.7. The lowest BCUT2D eigenvalue weighted by atomic mass is 9.68. The number of rotatable bonds is 6. The smallest absolute Gasteiger partial charge is 0.305 e. The van der Waals surface area contributed by atoms with E-state index in [1.165, 1.54) is 16.2 Å². The quantitative estimate of drug-likeness (QED) is 0.232.